The van der Waals surface area contributed by atoms with Gasteiger partial charge in [0.25, 0.3) is 0 Å². The topological polar surface area (TPSA) is 75.6 Å². The lowest BCUT2D eigenvalue weighted by Gasteiger charge is -2.26. The smallest absolute Gasteiger partial charge is 0.346 e. The summed E-state index contributed by atoms with van der Waals surface area (Å²) in [5, 5.41) is 12.7. The van der Waals surface area contributed by atoms with Crippen molar-refractivity contribution in [1.82, 2.24) is 0 Å². The second kappa shape index (κ2) is 7.91. The number of carboxylic acids is 1. The summed E-state index contributed by atoms with van der Waals surface area (Å²) in [6.07, 6.45) is 0.143. The van der Waals surface area contributed by atoms with E-state index in [2.05, 4.69) is 5.32 Å². The van der Waals surface area contributed by atoms with Crippen LogP contribution in [0.15, 0.2) is 48.5 Å². The molecule has 0 spiro atoms. The van der Waals surface area contributed by atoms with E-state index in [4.69, 9.17) is 4.74 Å². The first-order chi connectivity index (χ1) is 14.3. The van der Waals surface area contributed by atoms with Gasteiger partial charge in [0.05, 0.1) is 11.8 Å². The zero-order valence-corrected chi connectivity index (χ0v) is 17.3. The lowest BCUT2D eigenvalue weighted by Crippen LogP contribution is -2.23. The van der Waals surface area contributed by atoms with Crippen LogP contribution in [-0.4, -0.2) is 23.1 Å². The molecular formula is C23H20FNO4S. The number of ether oxygens (including phenoxy) is 1. The summed E-state index contributed by atoms with van der Waals surface area (Å²) in [6.45, 7) is 3.85. The Hall–Kier alpha value is -3.19. The molecule has 0 saturated carbocycles. The molecular weight excluding hydrogens is 405 g/mol. The minimum atomic E-state index is -1.09. The molecule has 2 heterocycles. The van der Waals surface area contributed by atoms with Gasteiger partial charge in [-0.3, -0.25) is 4.79 Å². The molecule has 1 aliphatic rings. The molecule has 0 bridgehead atoms. The van der Waals surface area contributed by atoms with Crippen LogP contribution in [0.25, 0.3) is 11.1 Å². The molecule has 0 radical (unpaired) electrons. The second-order valence-electron chi connectivity index (χ2n) is 7.37. The Balaban J connectivity index is 1.91. The predicted octanol–water partition coefficient (Wildman–Crippen LogP) is 5.51. The monoisotopic (exact) mass is 425 g/mol. The van der Waals surface area contributed by atoms with Crippen LogP contribution in [0.4, 0.5) is 10.1 Å². The van der Waals surface area contributed by atoms with Gasteiger partial charge in [0.1, 0.15) is 16.4 Å². The summed E-state index contributed by atoms with van der Waals surface area (Å²) in [5.41, 5.74) is 2.26. The van der Waals surface area contributed by atoms with Gasteiger partial charge in [0.15, 0.2) is 0 Å². The molecule has 2 aromatic carbocycles. The number of halogens is 1. The highest BCUT2D eigenvalue weighted by atomic mass is 32.1. The fourth-order valence-electron chi connectivity index (χ4n) is 3.71. The van der Waals surface area contributed by atoms with Crippen LogP contribution >= 0.6 is 11.3 Å². The van der Waals surface area contributed by atoms with Crippen molar-refractivity contribution >= 4 is 28.9 Å². The second-order valence-corrected chi connectivity index (χ2v) is 8.42. The van der Waals surface area contributed by atoms with Gasteiger partial charge >= 0.3 is 5.97 Å². The van der Waals surface area contributed by atoms with E-state index in [0.29, 0.717) is 22.6 Å². The molecule has 30 heavy (non-hydrogen) atoms. The van der Waals surface area contributed by atoms with Gasteiger partial charge in [-0.05, 0) is 37.6 Å². The molecule has 1 aliphatic heterocycles. The molecule has 0 fully saturated rings. The molecule has 7 heteroatoms. The van der Waals surface area contributed by atoms with Crippen LogP contribution in [0, 0.1) is 5.82 Å². The van der Waals surface area contributed by atoms with E-state index >= 15 is 0 Å². The van der Waals surface area contributed by atoms with Gasteiger partial charge in [-0.2, -0.15) is 0 Å². The van der Waals surface area contributed by atoms with Crippen LogP contribution in [0.2, 0.25) is 0 Å². The Labute approximate surface area is 177 Å². The third-order valence-electron chi connectivity index (χ3n) is 4.89. The number of nitrogens with one attached hydrogen (secondary N) is 1. The highest BCUT2D eigenvalue weighted by Gasteiger charge is 2.35. The fourth-order valence-corrected chi connectivity index (χ4v) is 4.95. The minimum Gasteiger partial charge on any atom is -0.491 e. The fraction of sp³-hybridized carbons (Fsp3) is 0.217. The Morgan fingerprint density at radius 3 is 2.57 bits per heavy atom. The quantitative estimate of drug-likeness (QED) is 0.565. The van der Waals surface area contributed by atoms with E-state index in [1.807, 2.05) is 38.1 Å². The first-order valence-electron chi connectivity index (χ1n) is 9.56. The van der Waals surface area contributed by atoms with Crippen molar-refractivity contribution in [3.8, 4) is 16.9 Å². The molecule has 154 valence electrons. The summed E-state index contributed by atoms with van der Waals surface area (Å²) in [6, 6.07) is 13.1. The first kappa shape index (κ1) is 20.1. The molecule has 5 nitrogen and oxygen atoms in total. The Bertz CT molecular complexity index is 1120. The molecule has 2 N–H and O–H groups in total. The molecule has 0 aliphatic carbocycles. The number of carbonyl (C=O) groups is 2. The average Bonchev–Trinajstić information content (AvgIpc) is 3.08. The Kier molecular flexibility index (Phi) is 5.30. The Morgan fingerprint density at radius 2 is 1.90 bits per heavy atom. The van der Waals surface area contributed by atoms with Gasteiger partial charge in [0.2, 0.25) is 5.91 Å². The number of benzene rings is 2. The van der Waals surface area contributed by atoms with Crippen LogP contribution in [0.3, 0.4) is 0 Å². The first-order valence-corrected chi connectivity index (χ1v) is 10.4. The minimum absolute atomic E-state index is 0.0456. The number of anilines is 1. The van der Waals surface area contributed by atoms with Crippen molar-refractivity contribution in [3.05, 3.63) is 69.7 Å². The number of rotatable bonds is 5. The van der Waals surface area contributed by atoms with E-state index in [1.54, 1.807) is 0 Å². The number of fused-ring (bicyclic) bond motifs is 1. The predicted molar refractivity (Wildman–Crippen MR) is 114 cm³/mol. The number of carboxylic acid groups (broad SMARTS) is 1. The van der Waals surface area contributed by atoms with Gasteiger partial charge in [-0.15, -0.1) is 11.3 Å². The molecule has 0 saturated heterocycles. The summed E-state index contributed by atoms with van der Waals surface area (Å²) >= 11 is 1.14. The summed E-state index contributed by atoms with van der Waals surface area (Å²) in [5.74, 6) is -1.37. The highest BCUT2D eigenvalue weighted by molar-refractivity contribution is 7.15. The zero-order valence-electron chi connectivity index (χ0n) is 16.4. The third-order valence-corrected chi connectivity index (χ3v) is 6.18. The molecule has 1 aromatic heterocycles. The van der Waals surface area contributed by atoms with Crippen LogP contribution in [0.5, 0.6) is 5.75 Å². The van der Waals surface area contributed by atoms with E-state index in [9.17, 15) is 19.1 Å². The van der Waals surface area contributed by atoms with E-state index in [0.717, 1.165) is 21.8 Å². The maximum Gasteiger partial charge on any atom is 0.346 e. The molecule has 1 amide bonds. The number of hydrogen-bond donors (Lipinski definition) is 2. The number of amides is 1. The van der Waals surface area contributed by atoms with Crippen LogP contribution in [-0.2, 0) is 4.79 Å². The number of hydrogen-bond acceptors (Lipinski definition) is 4. The van der Waals surface area contributed by atoms with Crippen molar-refractivity contribution in [2.45, 2.75) is 32.3 Å². The Morgan fingerprint density at radius 1 is 1.20 bits per heavy atom. The van der Waals surface area contributed by atoms with Gasteiger partial charge < -0.3 is 15.2 Å². The van der Waals surface area contributed by atoms with Crippen LogP contribution < -0.4 is 10.1 Å². The van der Waals surface area contributed by atoms with Crippen molar-refractivity contribution in [1.29, 1.82) is 0 Å². The third kappa shape index (κ3) is 3.68. The number of carbonyl (C=O) groups excluding carboxylic acids is 1. The molecule has 3 aromatic rings. The summed E-state index contributed by atoms with van der Waals surface area (Å²) in [4.78, 5) is 25.5. The maximum atomic E-state index is 13.4. The van der Waals surface area contributed by atoms with Crippen molar-refractivity contribution < 1.29 is 23.8 Å². The van der Waals surface area contributed by atoms with Gasteiger partial charge in [-0.25, -0.2) is 9.18 Å². The summed E-state index contributed by atoms with van der Waals surface area (Å²) < 4.78 is 19.4. The largest absolute Gasteiger partial charge is 0.491 e. The molecule has 1 atom stereocenters. The van der Waals surface area contributed by atoms with E-state index < -0.39 is 11.8 Å². The average molecular weight is 425 g/mol. The van der Waals surface area contributed by atoms with Crippen molar-refractivity contribution in [2.24, 2.45) is 0 Å². The van der Waals surface area contributed by atoms with Crippen LogP contribution in [0.1, 0.15) is 46.3 Å². The van der Waals surface area contributed by atoms with Crippen molar-refractivity contribution in [2.75, 3.05) is 5.32 Å². The lowest BCUT2D eigenvalue weighted by atomic mass is 9.88. The lowest BCUT2D eigenvalue weighted by molar-refractivity contribution is -0.116. The zero-order chi connectivity index (χ0) is 21.4. The molecule has 4 rings (SSSR count). The normalized spacial score (nSPS) is 15.6. The van der Waals surface area contributed by atoms with E-state index in [1.165, 1.54) is 24.3 Å². The van der Waals surface area contributed by atoms with Gasteiger partial charge in [-0.1, -0.05) is 30.3 Å². The summed E-state index contributed by atoms with van der Waals surface area (Å²) in [7, 11) is 0. The number of thiophene rings is 1. The standard InChI is InChI=1S/C23H20FNO4S/c1-12(2)29-17-6-4-3-5-15(17)16-11-18(26)25-20-19(13-7-9-14(24)10-8-13)22(23(27)28)30-21(16)20/h3-10,12,16H,11H2,1-2H3,(H,25,26)(H,27,28). The van der Waals surface area contributed by atoms with Gasteiger partial charge in [0, 0.05) is 28.3 Å². The highest BCUT2D eigenvalue weighted by Crippen LogP contribution is 2.50. The molecule has 1 unspecified atom stereocenters. The maximum absolute atomic E-state index is 13.4. The number of aromatic carboxylic acids is 1. The van der Waals surface area contributed by atoms with E-state index in [-0.39, 0.29) is 29.2 Å². The SMILES string of the molecule is CC(C)Oc1ccccc1C1CC(=O)Nc2c1sc(C(=O)O)c2-c1ccc(F)cc1. The number of para-hydroxylation sites is 1. The van der Waals surface area contributed by atoms with Crippen molar-refractivity contribution in [3.63, 3.8) is 0 Å².